The van der Waals surface area contributed by atoms with Crippen LogP contribution in [0.2, 0.25) is 0 Å². The molecule has 0 bridgehead atoms. The summed E-state index contributed by atoms with van der Waals surface area (Å²) in [7, 11) is 1.82. The molecule has 0 heterocycles. The average Bonchev–Trinajstić information content (AvgIpc) is 2.68. The Hall–Kier alpha value is -0.0800. The van der Waals surface area contributed by atoms with E-state index in [-0.39, 0.29) is 0 Å². The summed E-state index contributed by atoms with van der Waals surface area (Å²) in [6.45, 7) is 0. The smallest absolute Gasteiger partial charge is 0.0586 e. The first-order valence-electron chi connectivity index (χ1n) is 4.67. The van der Waals surface area contributed by atoms with E-state index >= 15 is 0 Å². The Balaban J connectivity index is 1.70. The molecule has 2 nitrogen and oxygen atoms in total. The largest absolute Gasteiger partial charge is 0.381 e. The van der Waals surface area contributed by atoms with Crippen LogP contribution in [0.3, 0.4) is 0 Å². The van der Waals surface area contributed by atoms with Gasteiger partial charge in [-0.25, -0.2) is 0 Å². The van der Waals surface area contributed by atoms with Crippen molar-refractivity contribution in [2.24, 2.45) is 0 Å². The second-order valence-electron chi connectivity index (χ2n) is 3.81. The molecule has 0 aliphatic heterocycles. The molecule has 0 spiro atoms. The van der Waals surface area contributed by atoms with Crippen LogP contribution in [-0.2, 0) is 4.74 Å². The summed E-state index contributed by atoms with van der Waals surface area (Å²) in [5, 5.41) is 3.64. The fourth-order valence-corrected chi connectivity index (χ4v) is 1.89. The number of methoxy groups -OCH3 is 1. The van der Waals surface area contributed by atoms with Crippen molar-refractivity contribution >= 4 is 0 Å². The van der Waals surface area contributed by atoms with Crippen LogP contribution in [-0.4, -0.2) is 25.3 Å². The molecule has 0 aromatic rings. The van der Waals surface area contributed by atoms with Crippen molar-refractivity contribution in [3.63, 3.8) is 0 Å². The van der Waals surface area contributed by atoms with Gasteiger partial charge >= 0.3 is 0 Å². The molecule has 0 aromatic carbocycles. The zero-order chi connectivity index (χ0) is 7.68. The van der Waals surface area contributed by atoms with Crippen LogP contribution in [0.5, 0.6) is 0 Å². The van der Waals surface area contributed by atoms with E-state index in [1.54, 1.807) is 0 Å². The summed E-state index contributed by atoms with van der Waals surface area (Å²) in [5.74, 6) is 0. The summed E-state index contributed by atoms with van der Waals surface area (Å²) in [5.41, 5.74) is 0. The van der Waals surface area contributed by atoms with Gasteiger partial charge in [-0.3, -0.25) is 0 Å². The van der Waals surface area contributed by atoms with Crippen LogP contribution in [0, 0.1) is 0 Å². The van der Waals surface area contributed by atoms with E-state index in [9.17, 15) is 0 Å². The lowest BCUT2D eigenvalue weighted by Crippen LogP contribution is -2.28. The molecule has 2 unspecified atom stereocenters. The third-order valence-corrected chi connectivity index (χ3v) is 2.77. The Labute approximate surface area is 68.3 Å². The minimum Gasteiger partial charge on any atom is -0.381 e. The lowest BCUT2D eigenvalue weighted by atomic mass is 10.2. The molecule has 2 aliphatic rings. The standard InChI is InChI=1S/C9H17NO/c1-11-9-5-4-8(6-9)10-7-2-3-7/h7-10H,2-6H2,1H3. The van der Waals surface area contributed by atoms with Crippen molar-refractivity contribution in [2.75, 3.05) is 7.11 Å². The molecule has 2 fully saturated rings. The molecule has 0 amide bonds. The van der Waals surface area contributed by atoms with E-state index < -0.39 is 0 Å². The molecule has 0 radical (unpaired) electrons. The summed E-state index contributed by atoms with van der Waals surface area (Å²) in [4.78, 5) is 0. The Kier molecular flexibility index (Phi) is 2.14. The molecular formula is C9H17NO. The van der Waals surface area contributed by atoms with Crippen molar-refractivity contribution in [1.29, 1.82) is 0 Å². The highest BCUT2D eigenvalue weighted by Gasteiger charge is 2.29. The summed E-state index contributed by atoms with van der Waals surface area (Å²) < 4.78 is 5.30. The summed E-state index contributed by atoms with van der Waals surface area (Å²) >= 11 is 0. The van der Waals surface area contributed by atoms with Crippen molar-refractivity contribution < 1.29 is 4.74 Å². The SMILES string of the molecule is COC1CCC(NC2CC2)C1. The normalized spacial score (nSPS) is 37.9. The Morgan fingerprint density at radius 1 is 1.09 bits per heavy atom. The first-order chi connectivity index (χ1) is 5.38. The molecule has 2 rings (SSSR count). The molecule has 11 heavy (non-hydrogen) atoms. The topological polar surface area (TPSA) is 21.3 Å². The van der Waals surface area contributed by atoms with Gasteiger partial charge < -0.3 is 10.1 Å². The van der Waals surface area contributed by atoms with Gasteiger partial charge in [0.25, 0.3) is 0 Å². The Morgan fingerprint density at radius 2 is 1.82 bits per heavy atom. The van der Waals surface area contributed by atoms with E-state index in [0.717, 1.165) is 12.1 Å². The van der Waals surface area contributed by atoms with Gasteiger partial charge in [-0.05, 0) is 32.1 Å². The number of ether oxygens (including phenoxy) is 1. The zero-order valence-electron chi connectivity index (χ0n) is 7.18. The van der Waals surface area contributed by atoms with Gasteiger partial charge in [-0.1, -0.05) is 0 Å². The number of rotatable bonds is 3. The van der Waals surface area contributed by atoms with Gasteiger partial charge in [0.05, 0.1) is 6.10 Å². The van der Waals surface area contributed by atoms with Gasteiger partial charge in [0.15, 0.2) is 0 Å². The highest BCUT2D eigenvalue weighted by Crippen LogP contribution is 2.26. The predicted octanol–water partition coefficient (Wildman–Crippen LogP) is 1.31. The number of hydrogen-bond acceptors (Lipinski definition) is 2. The molecule has 1 N–H and O–H groups in total. The molecule has 2 heteroatoms. The number of hydrogen-bond donors (Lipinski definition) is 1. The van der Waals surface area contributed by atoms with E-state index in [4.69, 9.17) is 4.74 Å². The molecule has 2 atom stereocenters. The van der Waals surface area contributed by atoms with Crippen LogP contribution in [0.15, 0.2) is 0 Å². The van der Waals surface area contributed by atoms with Crippen LogP contribution >= 0.6 is 0 Å². The predicted molar refractivity (Wildman–Crippen MR) is 44.6 cm³/mol. The second kappa shape index (κ2) is 3.11. The molecule has 2 saturated carbocycles. The third kappa shape index (κ3) is 1.94. The van der Waals surface area contributed by atoms with Crippen LogP contribution in [0.4, 0.5) is 0 Å². The molecule has 64 valence electrons. The maximum absolute atomic E-state index is 5.30. The Bertz CT molecular complexity index is 134. The summed E-state index contributed by atoms with van der Waals surface area (Å²) in [6.07, 6.45) is 7.12. The lowest BCUT2D eigenvalue weighted by Gasteiger charge is -2.11. The van der Waals surface area contributed by atoms with Gasteiger partial charge in [0.1, 0.15) is 0 Å². The first-order valence-corrected chi connectivity index (χ1v) is 4.67. The van der Waals surface area contributed by atoms with Crippen LogP contribution < -0.4 is 5.32 Å². The fourth-order valence-electron chi connectivity index (χ4n) is 1.89. The third-order valence-electron chi connectivity index (χ3n) is 2.77. The van der Waals surface area contributed by atoms with Crippen molar-refractivity contribution in [2.45, 2.75) is 50.3 Å². The molecule has 0 aromatic heterocycles. The van der Waals surface area contributed by atoms with Gasteiger partial charge in [-0.15, -0.1) is 0 Å². The maximum Gasteiger partial charge on any atom is 0.0586 e. The van der Waals surface area contributed by atoms with Crippen LogP contribution in [0.25, 0.3) is 0 Å². The quantitative estimate of drug-likeness (QED) is 0.663. The van der Waals surface area contributed by atoms with Crippen molar-refractivity contribution in [1.82, 2.24) is 5.32 Å². The van der Waals surface area contributed by atoms with E-state index in [1.165, 1.54) is 32.1 Å². The zero-order valence-corrected chi connectivity index (χ0v) is 7.18. The average molecular weight is 155 g/mol. The summed E-state index contributed by atoms with van der Waals surface area (Å²) in [6, 6.07) is 1.61. The highest BCUT2D eigenvalue weighted by atomic mass is 16.5. The highest BCUT2D eigenvalue weighted by molar-refractivity contribution is 4.89. The van der Waals surface area contributed by atoms with Gasteiger partial charge in [0, 0.05) is 19.2 Å². The van der Waals surface area contributed by atoms with Crippen LogP contribution in [0.1, 0.15) is 32.1 Å². The number of nitrogens with one attached hydrogen (secondary N) is 1. The monoisotopic (exact) mass is 155 g/mol. The molecule has 0 saturated heterocycles. The van der Waals surface area contributed by atoms with Crippen molar-refractivity contribution in [3.05, 3.63) is 0 Å². The Morgan fingerprint density at radius 3 is 2.36 bits per heavy atom. The van der Waals surface area contributed by atoms with E-state index in [0.29, 0.717) is 6.10 Å². The van der Waals surface area contributed by atoms with E-state index in [1.807, 2.05) is 7.11 Å². The lowest BCUT2D eigenvalue weighted by molar-refractivity contribution is 0.107. The molecular weight excluding hydrogens is 138 g/mol. The minimum absolute atomic E-state index is 0.534. The fraction of sp³-hybridized carbons (Fsp3) is 1.00. The van der Waals surface area contributed by atoms with Gasteiger partial charge in [-0.2, -0.15) is 0 Å². The van der Waals surface area contributed by atoms with E-state index in [2.05, 4.69) is 5.32 Å². The first kappa shape index (κ1) is 7.56. The molecule has 2 aliphatic carbocycles. The van der Waals surface area contributed by atoms with Gasteiger partial charge in [0.2, 0.25) is 0 Å². The van der Waals surface area contributed by atoms with Crippen molar-refractivity contribution in [3.8, 4) is 0 Å². The minimum atomic E-state index is 0.534. The maximum atomic E-state index is 5.30. The second-order valence-corrected chi connectivity index (χ2v) is 3.81.